The summed E-state index contributed by atoms with van der Waals surface area (Å²) in [6, 6.07) is 7.10. The number of carbonyl (C=O) groups excluding carboxylic acids is 1. The second-order valence-corrected chi connectivity index (χ2v) is 5.31. The molecule has 0 aliphatic carbocycles. The summed E-state index contributed by atoms with van der Waals surface area (Å²) in [5, 5.41) is 5.76. The average molecular weight is 254 g/mol. The van der Waals surface area contributed by atoms with E-state index >= 15 is 0 Å². The van der Waals surface area contributed by atoms with Crippen molar-refractivity contribution in [1.29, 1.82) is 0 Å². The van der Waals surface area contributed by atoms with Gasteiger partial charge in [0.2, 0.25) is 5.91 Å². The van der Waals surface area contributed by atoms with Crippen molar-refractivity contribution in [2.45, 2.75) is 11.8 Å². The molecule has 0 heterocycles. The zero-order valence-corrected chi connectivity index (χ0v) is 11.1. The van der Waals surface area contributed by atoms with E-state index in [1.54, 1.807) is 30.5 Å². The van der Waals surface area contributed by atoms with Gasteiger partial charge in [0.05, 0.1) is 0 Å². The van der Waals surface area contributed by atoms with Gasteiger partial charge < -0.3 is 10.6 Å². The van der Waals surface area contributed by atoms with Gasteiger partial charge in [-0.15, -0.1) is 0 Å². The molecule has 0 saturated heterocycles. The fourth-order valence-corrected chi connectivity index (χ4v) is 1.98. The SMILES string of the molecule is CNCC(C)C(=O)Nc1cccc(S(C)=O)c1. The van der Waals surface area contributed by atoms with Gasteiger partial charge in [0.15, 0.2) is 0 Å². The Labute approximate surface area is 104 Å². The molecule has 17 heavy (non-hydrogen) atoms. The first-order chi connectivity index (χ1) is 8.04. The summed E-state index contributed by atoms with van der Waals surface area (Å²) in [4.78, 5) is 12.5. The van der Waals surface area contributed by atoms with Crippen LogP contribution in [0.2, 0.25) is 0 Å². The van der Waals surface area contributed by atoms with Crippen molar-refractivity contribution in [3.05, 3.63) is 24.3 Å². The molecule has 0 aliphatic rings. The fraction of sp³-hybridized carbons (Fsp3) is 0.417. The van der Waals surface area contributed by atoms with Crippen molar-refractivity contribution in [1.82, 2.24) is 5.32 Å². The van der Waals surface area contributed by atoms with Crippen LogP contribution < -0.4 is 10.6 Å². The van der Waals surface area contributed by atoms with Crippen LogP contribution in [0.5, 0.6) is 0 Å². The third kappa shape index (κ3) is 4.28. The van der Waals surface area contributed by atoms with Crippen LogP contribution in [0.25, 0.3) is 0 Å². The molecule has 2 N–H and O–H groups in total. The Morgan fingerprint density at radius 1 is 1.47 bits per heavy atom. The zero-order chi connectivity index (χ0) is 12.8. The van der Waals surface area contributed by atoms with Gasteiger partial charge in [0.1, 0.15) is 0 Å². The number of nitrogens with one attached hydrogen (secondary N) is 2. The topological polar surface area (TPSA) is 58.2 Å². The molecule has 1 amide bonds. The van der Waals surface area contributed by atoms with Gasteiger partial charge in [-0.1, -0.05) is 13.0 Å². The molecule has 94 valence electrons. The van der Waals surface area contributed by atoms with Crippen molar-refractivity contribution in [2.75, 3.05) is 25.2 Å². The van der Waals surface area contributed by atoms with Gasteiger partial charge in [0.25, 0.3) is 0 Å². The lowest BCUT2D eigenvalue weighted by Gasteiger charge is -2.11. The van der Waals surface area contributed by atoms with Crippen LogP contribution >= 0.6 is 0 Å². The highest BCUT2D eigenvalue weighted by Crippen LogP contribution is 2.14. The summed E-state index contributed by atoms with van der Waals surface area (Å²) in [6.07, 6.45) is 1.62. The summed E-state index contributed by atoms with van der Waals surface area (Å²) >= 11 is 0. The molecule has 4 nitrogen and oxygen atoms in total. The number of hydrogen-bond donors (Lipinski definition) is 2. The highest BCUT2D eigenvalue weighted by atomic mass is 32.2. The number of benzene rings is 1. The first kappa shape index (κ1) is 13.9. The zero-order valence-electron chi connectivity index (χ0n) is 10.3. The van der Waals surface area contributed by atoms with Gasteiger partial charge in [-0.05, 0) is 25.2 Å². The van der Waals surface area contributed by atoms with Gasteiger partial charge in [0, 0.05) is 40.1 Å². The lowest BCUT2D eigenvalue weighted by molar-refractivity contribution is -0.119. The highest BCUT2D eigenvalue weighted by molar-refractivity contribution is 7.84. The molecule has 5 heteroatoms. The Morgan fingerprint density at radius 2 is 2.18 bits per heavy atom. The van der Waals surface area contributed by atoms with Crippen molar-refractivity contribution < 1.29 is 9.00 Å². The fourth-order valence-electron chi connectivity index (χ4n) is 1.42. The van der Waals surface area contributed by atoms with E-state index < -0.39 is 10.8 Å². The second-order valence-electron chi connectivity index (χ2n) is 3.93. The third-order valence-corrected chi connectivity index (χ3v) is 3.31. The van der Waals surface area contributed by atoms with Crippen LogP contribution in [0.1, 0.15) is 6.92 Å². The van der Waals surface area contributed by atoms with Crippen LogP contribution in [0.4, 0.5) is 5.69 Å². The maximum Gasteiger partial charge on any atom is 0.228 e. The Hall–Kier alpha value is -1.20. The molecule has 0 bridgehead atoms. The van der Waals surface area contributed by atoms with Gasteiger partial charge in [-0.25, -0.2) is 0 Å². The highest BCUT2D eigenvalue weighted by Gasteiger charge is 2.12. The first-order valence-corrected chi connectivity index (χ1v) is 6.99. The van der Waals surface area contributed by atoms with E-state index in [-0.39, 0.29) is 11.8 Å². The molecule has 2 unspecified atom stereocenters. The number of amides is 1. The predicted molar refractivity (Wildman–Crippen MR) is 70.5 cm³/mol. The molecule has 1 rings (SSSR count). The number of hydrogen-bond acceptors (Lipinski definition) is 3. The van der Waals surface area contributed by atoms with E-state index in [9.17, 15) is 9.00 Å². The average Bonchev–Trinajstić information content (AvgIpc) is 2.29. The second kappa shape index (κ2) is 6.51. The van der Waals surface area contributed by atoms with Crippen LogP contribution in [-0.2, 0) is 15.6 Å². The molecule has 0 radical (unpaired) electrons. The monoisotopic (exact) mass is 254 g/mol. The van der Waals surface area contributed by atoms with Crippen LogP contribution in [0.3, 0.4) is 0 Å². The minimum atomic E-state index is -1.03. The smallest absolute Gasteiger partial charge is 0.228 e. The predicted octanol–water partition coefficient (Wildman–Crippen LogP) is 1.22. The molecular weight excluding hydrogens is 236 g/mol. The summed E-state index contributed by atoms with van der Waals surface area (Å²) in [7, 11) is 0.778. The normalized spacial score (nSPS) is 14.1. The molecule has 1 aromatic carbocycles. The molecule has 1 aromatic rings. The summed E-state index contributed by atoms with van der Waals surface area (Å²) in [5.41, 5.74) is 0.686. The van der Waals surface area contributed by atoms with Crippen molar-refractivity contribution >= 4 is 22.4 Å². The quantitative estimate of drug-likeness (QED) is 0.830. The minimum absolute atomic E-state index is 0.0432. The van der Waals surface area contributed by atoms with Crippen molar-refractivity contribution in [3.63, 3.8) is 0 Å². The molecule has 0 spiro atoms. The minimum Gasteiger partial charge on any atom is -0.326 e. The number of anilines is 1. The number of rotatable bonds is 5. The Balaban J connectivity index is 2.71. The van der Waals surface area contributed by atoms with E-state index in [2.05, 4.69) is 10.6 Å². The summed E-state index contributed by atoms with van der Waals surface area (Å²) in [5.74, 6) is -0.144. The summed E-state index contributed by atoms with van der Waals surface area (Å²) < 4.78 is 11.3. The van der Waals surface area contributed by atoms with Gasteiger partial charge >= 0.3 is 0 Å². The lowest BCUT2D eigenvalue weighted by Crippen LogP contribution is -2.28. The number of carbonyl (C=O) groups is 1. The third-order valence-electron chi connectivity index (χ3n) is 2.39. The molecule has 0 fully saturated rings. The van der Waals surface area contributed by atoms with Crippen molar-refractivity contribution in [2.24, 2.45) is 5.92 Å². The largest absolute Gasteiger partial charge is 0.326 e. The molecule has 0 saturated carbocycles. The molecular formula is C12H18N2O2S. The molecule has 0 aromatic heterocycles. The molecule has 0 aliphatic heterocycles. The molecule has 2 atom stereocenters. The maximum absolute atomic E-state index is 11.8. The maximum atomic E-state index is 11.8. The Kier molecular flexibility index (Phi) is 5.31. The Bertz CT molecular complexity index is 421. The standard InChI is InChI=1S/C12H18N2O2S/c1-9(8-13-2)12(15)14-10-5-4-6-11(7-10)17(3)16/h4-7,9,13H,8H2,1-3H3,(H,14,15). The Morgan fingerprint density at radius 3 is 2.76 bits per heavy atom. The van der Waals surface area contributed by atoms with Crippen LogP contribution in [-0.4, -0.2) is 30.0 Å². The van der Waals surface area contributed by atoms with Gasteiger partial charge in [-0.3, -0.25) is 9.00 Å². The van der Waals surface area contributed by atoms with Crippen molar-refractivity contribution in [3.8, 4) is 0 Å². The van der Waals surface area contributed by atoms with E-state index in [4.69, 9.17) is 0 Å². The first-order valence-electron chi connectivity index (χ1n) is 5.43. The van der Waals surface area contributed by atoms with Crippen LogP contribution in [0.15, 0.2) is 29.2 Å². The van der Waals surface area contributed by atoms with Gasteiger partial charge in [-0.2, -0.15) is 0 Å². The van der Waals surface area contributed by atoms with E-state index in [1.807, 2.05) is 14.0 Å². The van der Waals surface area contributed by atoms with E-state index in [1.165, 1.54) is 0 Å². The van der Waals surface area contributed by atoms with E-state index in [0.717, 1.165) is 0 Å². The lowest BCUT2D eigenvalue weighted by atomic mass is 10.1. The van der Waals surface area contributed by atoms with E-state index in [0.29, 0.717) is 17.1 Å². The summed E-state index contributed by atoms with van der Waals surface area (Å²) in [6.45, 7) is 2.49. The van der Waals surface area contributed by atoms with Crippen LogP contribution in [0, 0.1) is 5.92 Å².